The number of likely N-dealkylation sites (N-methyl/N-ethyl adjacent to an activating group) is 1. The maximum atomic E-state index is 10.4. The molecule has 1 heterocycles. The normalized spacial score (nSPS) is 21.7. The summed E-state index contributed by atoms with van der Waals surface area (Å²) in [4.78, 5) is 10.4. The lowest BCUT2D eigenvalue weighted by atomic mass is 9.99. The Hall–Kier alpha value is -0.610. The topological polar surface area (TPSA) is 58.6 Å². The van der Waals surface area contributed by atoms with Crippen molar-refractivity contribution in [3.8, 4) is 0 Å². The number of carboxylic acids is 1. The second kappa shape index (κ2) is 2.98. The van der Waals surface area contributed by atoms with Gasteiger partial charge in [0.1, 0.15) is 6.04 Å². The number of nitrogens with one attached hydrogen (secondary N) is 1. The second-order valence-corrected chi connectivity index (χ2v) is 2.40. The van der Waals surface area contributed by atoms with Gasteiger partial charge in [-0.15, -0.1) is 0 Å². The van der Waals surface area contributed by atoms with E-state index in [0.29, 0.717) is 13.2 Å². The summed E-state index contributed by atoms with van der Waals surface area (Å²) in [5.74, 6) is -0.640. The highest BCUT2D eigenvalue weighted by atomic mass is 16.5. The van der Waals surface area contributed by atoms with Gasteiger partial charge in [-0.1, -0.05) is 0 Å². The van der Waals surface area contributed by atoms with Crippen LogP contribution in [0.3, 0.4) is 0 Å². The number of rotatable bonds is 3. The maximum absolute atomic E-state index is 10.4. The van der Waals surface area contributed by atoms with E-state index in [-0.39, 0.29) is 5.92 Å². The Morgan fingerprint density at radius 2 is 2.40 bits per heavy atom. The maximum Gasteiger partial charge on any atom is 0.321 e. The van der Waals surface area contributed by atoms with Gasteiger partial charge in [0.25, 0.3) is 0 Å². The number of carboxylic acid groups (broad SMARTS) is 1. The second-order valence-electron chi connectivity index (χ2n) is 2.40. The Morgan fingerprint density at radius 3 is 2.50 bits per heavy atom. The van der Waals surface area contributed by atoms with Crippen LogP contribution in [-0.4, -0.2) is 37.4 Å². The number of hydrogen-bond acceptors (Lipinski definition) is 3. The van der Waals surface area contributed by atoms with Crippen molar-refractivity contribution in [2.75, 3.05) is 20.3 Å². The van der Waals surface area contributed by atoms with Gasteiger partial charge >= 0.3 is 5.97 Å². The van der Waals surface area contributed by atoms with Gasteiger partial charge in [-0.25, -0.2) is 0 Å². The van der Waals surface area contributed by atoms with Gasteiger partial charge in [-0.3, -0.25) is 4.79 Å². The first kappa shape index (κ1) is 7.50. The fourth-order valence-corrected chi connectivity index (χ4v) is 1.01. The molecule has 0 amide bonds. The zero-order chi connectivity index (χ0) is 7.56. The lowest BCUT2D eigenvalue weighted by Crippen LogP contribution is -2.49. The average Bonchev–Trinajstić information content (AvgIpc) is 1.76. The van der Waals surface area contributed by atoms with E-state index in [2.05, 4.69) is 5.32 Å². The molecule has 0 spiro atoms. The van der Waals surface area contributed by atoms with Crippen LogP contribution in [0.15, 0.2) is 0 Å². The first-order chi connectivity index (χ1) is 4.75. The van der Waals surface area contributed by atoms with E-state index in [1.165, 1.54) is 0 Å². The van der Waals surface area contributed by atoms with Gasteiger partial charge in [0, 0.05) is 5.92 Å². The van der Waals surface area contributed by atoms with Gasteiger partial charge in [0.05, 0.1) is 13.2 Å². The number of carbonyl (C=O) groups is 1. The van der Waals surface area contributed by atoms with Crippen molar-refractivity contribution in [2.24, 2.45) is 5.92 Å². The zero-order valence-electron chi connectivity index (χ0n) is 5.83. The molecule has 0 aromatic rings. The highest BCUT2D eigenvalue weighted by Crippen LogP contribution is 2.14. The number of aliphatic carboxylic acids is 1. The van der Waals surface area contributed by atoms with Crippen molar-refractivity contribution in [3.05, 3.63) is 0 Å². The Labute approximate surface area is 59.2 Å². The summed E-state index contributed by atoms with van der Waals surface area (Å²) in [6, 6.07) is -0.436. The molecule has 1 unspecified atom stereocenters. The molecule has 2 N–H and O–H groups in total. The van der Waals surface area contributed by atoms with E-state index in [4.69, 9.17) is 9.84 Å². The molecular formula is C6H11NO3. The van der Waals surface area contributed by atoms with Crippen LogP contribution in [0.2, 0.25) is 0 Å². The largest absolute Gasteiger partial charge is 0.480 e. The van der Waals surface area contributed by atoms with Gasteiger partial charge in [0.2, 0.25) is 0 Å². The quantitative estimate of drug-likeness (QED) is 0.551. The Balaban J connectivity index is 2.39. The van der Waals surface area contributed by atoms with Gasteiger partial charge < -0.3 is 15.2 Å². The third-order valence-electron chi connectivity index (χ3n) is 1.71. The van der Waals surface area contributed by atoms with Crippen molar-refractivity contribution in [1.82, 2.24) is 5.32 Å². The zero-order valence-corrected chi connectivity index (χ0v) is 5.83. The molecule has 0 bridgehead atoms. The van der Waals surface area contributed by atoms with Crippen LogP contribution in [-0.2, 0) is 9.53 Å². The van der Waals surface area contributed by atoms with E-state index < -0.39 is 12.0 Å². The molecule has 1 fully saturated rings. The fourth-order valence-electron chi connectivity index (χ4n) is 1.01. The first-order valence-corrected chi connectivity index (χ1v) is 3.23. The van der Waals surface area contributed by atoms with Crippen molar-refractivity contribution in [3.63, 3.8) is 0 Å². The molecule has 0 aromatic carbocycles. The summed E-state index contributed by atoms with van der Waals surface area (Å²) in [6.07, 6.45) is 0. The molecule has 1 aliphatic heterocycles. The van der Waals surface area contributed by atoms with E-state index >= 15 is 0 Å². The lowest BCUT2D eigenvalue weighted by Gasteiger charge is -2.30. The summed E-state index contributed by atoms with van der Waals surface area (Å²) in [5.41, 5.74) is 0. The minimum Gasteiger partial charge on any atom is -0.480 e. The van der Waals surface area contributed by atoms with E-state index in [0.717, 1.165) is 0 Å². The minimum absolute atomic E-state index is 0.155. The molecule has 58 valence electrons. The molecule has 1 rings (SSSR count). The van der Waals surface area contributed by atoms with Gasteiger partial charge in [0.15, 0.2) is 0 Å². The molecule has 0 radical (unpaired) electrons. The standard InChI is InChI=1S/C6H11NO3/c1-7-5(6(8)9)4-2-10-3-4/h4-5,7H,2-3H2,1H3,(H,8,9). The SMILES string of the molecule is CNC(C(=O)O)C1COC1. The Morgan fingerprint density at radius 1 is 1.80 bits per heavy atom. The minimum atomic E-state index is -0.796. The van der Waals surface area contributed by atoms with Crippen LogP contribution < -0.4 is 5.32 Å². The summed E-state index contributed by atoms with van der Waals surface area (Å²) in [6.45, 7) is 1.13. The average molecular weight is 145 g/mol. The summed E-state index contributed by atoms with van der Waals surface area (Å²) in [7, 11) is 1.65. The highest BCUT2D eigenvalue weighted by Gasteiger charge is 2.32. The molecule has 4 nitrogen and oxygen atoms in total. The monoisotopic (exact) mass is 145 g/mol. The molecule has 1 aliphatic rings. The van der Waals surface area contributed by atoms with E-state index in [9.17, 15) is 4.79 Å². The number of hydrogen-bond donors (Lipinski definition) is 2. The van der Waals surface area contributed by atoms with Crippen LogP contribution in [0.5, 0.6) is 0 Å². The summed E-state index contributed by atoms with van der Waals surface area (Å²) >= 11 is 0. The van der Waals surface area contributed by atoms with Crippen LogP contribution in [0, 0.1) is 5.92 Å². The predicted molar refractivity (Wildman–Crippen MR) is 34.8 cm³/mol. The molecule has 1 saturated heterocycles. The predicted octanol–water partition coefficient (Wildman–Crippen LogP) is -0.695. The molecule has 0 saturated carbocycles. The molecule has 0 aromatic heterocycles. The smallest absolute Gasteiger partial charge is 0.321 e. The van der Waals surface area contributed by atoms with E-state index in [1.807, 2.05) is 0 Å². The molecule has 10 heavy (non-hydrogen) atoms. The third kappa shape index (κ3) is 1.27. The summed E-state index contributed by atoms with van der Waals surface area (Å²) < 4.78 is 4.86. The van der Waals surface area contributed by atoms with Crippen molar-refractivity contribution in [2.45, 2.75) is 6.04 Å². The van der Waals surface area contributed by atoms with E-state index in [1.54, 1.807) is 7.05 Å². The lowest BCUT2D eigenvalue weighted by molar-refractivity contribution is -0.146. The van der Waals surface area contributed by atoms with Crippen LogP contribution in [0.4, 0.5) is 0 Å². The molecule has 4 heteroatoms. The molecular weight excluding hydrogens is 134 g/mol. The van der Waals surface area contributed by atoms with Crippen molar-refractivity contribution >= 4 is 5.97 Å². The first-order valence-electron chi connectivity index (χ1n) is 3.23. The molecule has 0 aliphatic carbocycles. The van der Waals surface area contributed by atoms with Crippen LogP contribution >= 0.6 is 0 Å². The Kier molecular flexibility index (Phi) is 2.24. The molecule has 1 atom stereocenters. The van der Waals surface area contributed by atoms with Crippen LogP contribution in [0.1, 0.15) is 0 Å². The van der Waals surface area contributed by atoms with Gasteiger partial charge in [-0.05, 0) is 7.05 Å². The summed E-state index contributed by atoms with van der Waals surface area (Å²) in [5, 5.41) is 11.3. The van der Waals surface area contributed by atoms with Crippen molar-refractivity contribution in [1.29, 1.82) is 0 Å². The van der Waals surface area contributed by atoms with Gasteiger partial charge in [-0.2, -0.15) is 0 Å². The fraction of sp³-hybridized carbons (Fsp3) is 0.833. The number of ether oxygens (including phenoxy) is 1. The highest BCUT2D eigenvalue weighted by molar-refractivity contribution is 5.74. The Bertz CT molecular complexity index is 133. The van der Waals surface area contributed by atoms with Crippen molar-refractivity contribution < 1.29 is 14.6 Å². The third-order valence-corrected chi connectivity index (χ3v) is 1.71. The van der Waals surface area contributed by atoms with Crippen LogP contribution in [0.25, 0.3) is 0 Å².